The number of benzene rings is 3. The van der Waals surface area contributed by atoms with Crippen LogP contribution >= 0.6 is 0 Å². The lowest BCUT2D eigenvalue weighted by molar-refractivity contribution is -0.384. The van der Waals surface area contributed by atoms with Crippen molar-refractivity contribution in [1.82, 2.24) is 4.57 Å². The molecule has 4 aromatic rings. The number of aromatic carboxylic acids is 1. The van der Waals surface area contributed by atoms with Gasteiger partial charge in [0, 0.05) is 35.3 Å². The molecule has 0 fully saturated rings. The van der Waals surface area contributed by atoms with Crippen molar-refractivity contribution in [3.05, 3.63) is 111 Å². The van der Waals surface area contributed by atoms with Crippen LogP contribution < -0.4 is 0 Å². The molecule has 0 saturated heterocycles. The van der Waals surface area contributed by atoms with E-state index in [-0.39, 0.29) is 11.3 Å². The van der Waals surface area contributed by atoms with E-state index >= 15 is 0 Å². The number of nitro groups is 1. The first kappa shape index (κ1) is 19.1. The van der Waals surface area contributed by atoms with Crippen LogP contribution in [0.2, 0.25) is 0 Å². The number of hydrogen-bond acceptors (Lipinski definition) is 3. The van der Waals surface area contributed by atoms with Crippen molar-refractivity contribution in [2.75, 3.05) is 0 Å². The molecule has 0 bridgehead atoms. The molecule has 0 amide bonds. The lowest BCUT2D eigenvalue weighted by Gasteiger charge is -2.09. The van der Waals surface area contributed by atoms with Crippen LogP contribution in [0, 0.1) is 10.1 Å². The van der Waals surface area contributed by atoms with Crippen molar-refractivity contribution in [1.29, 1.82) is 0 Å². The number of carbonyl (C=O) groups is 1. The molecule has 6 nitrogen and oxygen atoms in total. The molecule has 0 spiro atoms. The van der Waals surface area contributed by atoms with E-state index in [0.717, 1.165) is 28.2 Å². The van der Waals surface area contributed by atoms with Crippen molar-refractivity contribution < 1.29 is 14.8 Å². The standard InChI is InChI=1S/C24H18N2O4/c27-24(28)22-15-21(26(29)30)13-11-18(22)10-12-20-14-19-8-4-5-9-23(19)25(20)16-17-6-2-1-3-7-17/h1-15H,16H2,(H,27,28). The number of nitro benzene ring substituents is 1. The van der Waals surface area contributed by atoms with Gasteiger partial charge in [-0.1, -0.05) is 54.6 Å². The molecule has 3 aromatic carbocycles. The number of nitrogens with zero attached hydrogens (tertiary/aromatic N) is 2. The van der Waals surface area contributed by atoms with Gasteiger partial charge in [-0.15, -0.1) is 0 Å². The van der Waals surface area contributed by atoms with Gasteiger partial charge in [-0.25, -0.2) is 4.79 Å². The van der Waals surface area contributed by atoms with E-state index in [9.17, 15) is 20.0 Å². The van der Waals surface area contributed by atoms with Crippen LogP contribution in [0.4, 0.5) is 5.69 Å². The molecule has 1 aromatic heterocycles. The molecule has 1 heterocycles. The molecule has 1 N–H and O–H groups in total. The van der Waals surface area contributed by atoms with Crippen molar-refractivity contribution >= 4 is 34.7 Å². The molecule has 0 radical (unpaired) electrons. The van der Waals surface area contributed by atoms with Crippen molar-refractivity contribution in [3.8, 4) is 0 Å². The Kier molecular flexibility index (Phi) is 5.13. The number of hydrogen-bond donors (Lipinski definition) is 1. The van der Waals surface area contributed by atoms with Gasteiger partial charge in [0.05, 0.1) is 10.5 Å². The van der Waals surface area contributed by atoms with Gasteiger partial charge in [0.1, 0.15) is 0 Å². The SMILES string of the molecule is O=C(O)c1cc([N+](=O)[O-])ccc1C=Cc1cc2ccccc2n1Cc1ccccc1. The maximum atomic E-state index is 11.6. The fourth-order valence-corrected chi connectivity index (χ4v) is 3.48. The van der Waals surface area contributed by atoms with Crippen LogP contribution in [0.25, 0.3) is 23.1 Å². The summed E-state index contributed by atoms with van der Waals surface area (Å²) in [4.78, 5) is 22.0. The molecule has 30 heavy (non-hydrogen) atoms. The summed E-state index contributed by atoms with van der Waals surface area (Å²) < 4.78 is 2.16. The third kappa shape index (κ3) is 3.84. The Morgan fingerprint density at radius 1 is 0.967 bits per heavy atom. The highest BCUT2D eigenvalue weighted by Gasteiger charge is 2.15. The minimum absolute atomic E-state index is 0.105. The fourth-order valence-electron chi connectivity index (χ4n) is 3.48. The Labute approximate surface area is 172 Å². The first-order valence-electron chi connectivity index (χ1n) is 9.35. The van der Waals surface area contributed by atoms with Crippen LogP contribution in [0.15, 0.2) is 78.9 Å². The van der Waals surface area contributed by atoms with E-state index in [1.807, 2.05) is 54.6 Å². The zero-order chi connectivity index (χ0) is 21.1. The third-order valence-corrected chi connectivity index (χ3v) is 4.94. The smallest absolute Gasteiger partial charge is 0.336 e. The third-order valence-electron chi connectivity index (χ3n) is 4.94. The maximum absolute atomic E-state index is 11.6. The molecule has 6 heteroatoms. The highest BCUT2D eigenvalue weighted by atomic mass is 16.6. The number of fused-ring (bicyclic) bond motifs is 1. The van der Waals surface area contributed by atoms with Gasteiger partial charge in [0.2, 0.25) is 0 Å². The van der Waals surface area contributed by atoms with E-state index in [0.29, 0.717) is 12.1 Å². The molecule has 4 rings (SSSR count). The van der Waals surface area contributed by atoms with E-state index in [1.165, 1.54) is 12.1 Å². The summed E-state index contributed by atoms with van der Waals surface area (Å²) >= 11 is 0. The molecular weight excluding hydrogens is 380 g/mol. The zero-order valence-corrected chi connectivity index (χ0v) is 15.9. The Morgan fingerprint density at radius 3 is 2.43 bits per heavy atom. The number of carboxylic acids is 1. The summed E-state index contributed by atoms with van der Waals surface area (Å²) in [7, 11) is 0. The summed E-state index contributed by atoms with van der Waals surface area (Å²) in [6.07, 6.45) is 3.53. The van der Waals surface area contributed by atoms with Gasteiger partial charge < -0.3 is 9.67 Å². The van der Waals surface area contributed by atoms with Crippen molar-refractivity contribution in [2.45, 2.75) is 6.54 Å². The van der Waals surface area contributed by atoms with E-state index in [2.05, 4.69) is 16.7 Å². The molecule has 0 atom stereocenters. The minimum Gasteiger partial charge on any atom is -0.478 e. The number of carboxylic acid groups (broad SMARTS) is 1. The number of non-ortho nitro benzene ring substituents is 1. The second-order valence-corrected chi connectivity index (χ2v) is 6.87. The minimum atomic E-state index is -1.21. The quantitative estimate of drug-likeness (QED) is 0.345. The summed E-state index contributed by atoms with van der Waals surface area (Å²) in [5.41, 5.74) is 3.19. The fraction of sp³-hybridized carbons (Fsp3) is 0.0417. The lowest BCUT2D eigenvalue weighted by atomic mass is 10.1. The second-order valence-electron chi connectivity index (χ2n) is 6.87. The summed E-state index contributed by atoms with van der Waals surface area (Å²) in [6, 6.07) is 24.0. The van der Waals surface area contributed by atoms with Crippen LogP contribution in [0.5, 0.6) is 0 Å². The average molecular weight is 398 g/mol. The largest absolute Gasteiger partial charge is 0.478 e. The highest BCUT2D eigenvalue weighted by molar-refractivity contribution is 5.94. The summed E-state index contributed by atoms with van der Waals surface area (Å²) in [5, 5.41) is 21.5. The first-order chi connectivity index (χ1) is 14.5. The Morgan fingerprint density at radius 2 is 1.70 bits per heavy atom. The normalized spacial score (nSPS) is 11.2. The monoisotopic (exact) mass is 398 g/mol. The Balaban J connectivity index is 1.77. The van der Waals surface area contributed by atoms with Crippen molar-refractivity contribution in [3.63, 3.8) is 0 Å². The average Bonchev–Trinajstić information content (AvgIpc) is 3.10. The van der Waals surface area contributed by atoms with Gasteiger partial charge in [-0.05, 0) is 35.4 Å². The van der Waals surface area contributed by atoms with Gasteiger partial charge in [-0.3, -0.25) is 10.1 Å². The second kappa shape index (κ2) is 8.05. The summed E-state index contributed by atoms with van der Waals surface area (Å²) in [6.45, 7) is 0.667. The van der Waals surface area contributed by atoms with Crippen LogP contribution in [-0.2, 0) is 6.54 Å². The highest BCUT2D eigenvalue weighted by Crippen LogP contribution is 2.25. The van der Waals surface area contributed by atoms with Crippen LogP contribution in [0.1, 0.15) is 27.2 Å². The lowest BCUT2D eigenvalue weighted by Crippen LogP contribution is -2.02. The van der Waals surface area contributed by atoms with Crippen molar-refractivity contribution in [2.24, 2.45) is 0 Å². The molecule has 0 saturated carbocycles. The summed E-state index contributed by atoms with van der Waals surface area (Å²) in [5.74, 6) is -1.21. The molecule has 0 aliphatic rings. The predicted octanol–water partition coefficient (Wildman–Crippen LogP) is 5.47. The van der Waals surface area contributed by atoms with Gasteiger partial charge >= 0.3 is 5.97 Å². The van der Waals surface area contributed by atoms with Gasteiger partial charge in [0.25, 0.3) is 5.69 Å². The topological polar surface area (TPSA) is 85.4 Å². The van der Waals surface area contributed by atoms with Crippen LogP contribution in [0.3, 0.4) is 0 Å². The molecule has 148 valence electrons. The first-order valence-corrected chi connectivity index (χ1v) is 9.35. The molecule has 0 aliphatic heterocycles. The van der Waals surface area contributed by atoms with E-state index in [4.69, 9.17) is 0 Å². The van der Waals surface area contributed by atoms with E-state index in [1.54, 1.807) is 6.08 Å². The maximum Gasteiger partial charge on any atom is 0.336 e. The Bertz CT molecular complexity index is 1270. The number of para-hydroxylation sites is 1. The van der Waals surface area contributed by atoms with E-state index < -0.39 is 10.9 Å². The molecule has 0 unspecified atom stereocenters. The number of rotatable bonds is 6. The van der Waals surface area contributed by atoms with Crippen LogP contribution in [-0.4, -0.2) is 20.6 Å². The van der Waals surface area contributed by atoms with Gasteiger partial charge in [0.15, 0.2) is 0 Å². The zero-order valence-electron chi connectivity index (χ0n) is 15.9. The number of aromatic nitrogens is 1. The molecule has 0 aliphatic carbocycles. The van der Waals surface area contributed by atoms with Gasteiger partial charge in [-0.2, -0.15) is 0 Å². The Hall–Kier alpha value is -4.19. The predicted molar refractivity (Wildman–Crippen MR) is 116 cm³/mol. The molecular formula is C24H18N2O4.